The molecule has 0 saturated heterocycles. The van der Waals surface area contributed by atoms with Crippen LogP contribution in [0, 0.1) is 5.92 Å². The smallest absolute Gasteiger partial charge is 0.261 e. The van der Waals surface area contributed by atoms with Gasteiger partial charge in [-0.1, -0.05) is 25.2 Å². The average molecular weight is 406 g/mol. The predicted molar refractivity (Wildman–Crippen MR) is 107 cm³/mol. The Hall–Kier alpha value is -2.65. The number of ether oxygens (including phenoxy) is 1. The van der Waals surface area contributed by atoms with Crippen molar-refractivity contribution < 1.29 is 17.9 Å². The Bertz CT molecular complexity index is 1070. The highest BCUT2D eigenvalue weighted by Gasteiger charge is 2.16. The van der Waals surface area contributed by atoms with E-state index in [0.717, 1.165) is 4.70 Å². The summed E-state index contributed by atoms with van der Waals surface area (Å²) < 4.78 is 33.5. The second-order valence-corrected chi connectivity index (χ2v) is 8.84. The molecule has 1 aromatic heterocycles. The summed E-state index contributed by atoms with van der Waals surface area (Å²) in [5, 5.41) is 3.24. The molecule has 0 bridgehead atoms. The van der Waals surface area contributed by atoms with E-state index in [1.165, 1.54) is 30.6 Å². The maximum Gasteiger partial charge on any atom is 0.261 e. The van der Waals surface area contributed by atoms with Gasteiger partial charge in [0.1, 0.15) is 5.75 Å². The molecule has 2 N–H and O–H groups in total. The average Bonchev–Trinajstić information content (AvgIpc) is 3.02. The fourth-order valence-corrected chi connectivity index (χ4v) is 4.16. The molecular weight excluding hydrogens is 386 g/mol. The zero-order valence-corrected chi connectivity index (χ0v) is 16.6. The van der Waals surface area contributed by atoms with E-state index in [1.54, 1.807) is 44.2 Å². The molecule has 3 aromatic rings. The molecule has 0 saturated carbocycles. The van der Waals surface area contributed by atoms with Gasteiger partial charge in [-0.05, 0) is 42.5 Å². The number of amides is 1. The van der Waals surface area contributed by atoms with E-state index in [2.05, 4.69) is 15.0 Å². The van der Waals surface area contributed by atoms with E-state index in [-0.39, 0.29) is 16.7 Å². The third-order valence-electron chi connectivity index (χ3n) is 3.76. The number of aromatic nitrogens is 1. The summed E-state index contributed by atoms with van der Waals surface area (Å²) in [4.78, 5) is 16.3. The first-order valence-corrected chi connectivity index (χ1v) is 10.5. The van der Waals surface area contributed by atoms with Gasteiger partial charge in [0.25, 0.3) is 10.0 Å². The molecule has 7 nitrogen and oxygen atoms in total. The summed E-state index contributed by atoms with van der Waals surface area (Å²) in [6.45, 7) is 3.60. The number of methoxy groups -OCH3 is 1. The van der Waals surface area contributed by atoms with Crippen LogP contribution in [0.4, 0.5) is 10.8 Å². The van der Waals surface area contributed by atoms with Crippen molar-refractivity contribution in [1.82, 2.24) is 4.98 Å². The second kappa shape index (κ2) is 7.53. The first-order chi connectivity index (χ1) is 12.8. The third-order valence-corrected chi connectivity index (χ3v) is 6.11. The molecule has 0 aliphatic rings. The van der Waals surface area contributed by atoms with Gasteiger partial charge in [0, 0.05) is 5.92 Å². The molecule has 0 radical (unpaired) electrons. The number of thiazole rings is 1. The van der Waals surface area contributed by atoms with Crippen molar-refractivity contribution >= 4 is 48.3 Å². The van der Waals surface area contributed by atoms with Crippen molar-refractivity contribution in [2.45, 2.75) is 18.7 Å². The molecule has 3 rings (SSSR count). The molecule has 9 heteroatoms. The Labute approximate surface area is 161 Å². The van der Waals surface area contributed by atoms with Gasteiger partial charge in [0.05, 0.1) is 27.9 Å². The molecule has 27 heavy (non-hydrogen) atoms. The Morgan fingerprint density at radius 2 is 1.85 bits per heavy atom. The minimum atomic E-state index is -3.73. The van der Waals surface area contributed by atoms with Gasteiger partial charge in [-0.15, -0.1) is 0 Å². The molecule has 0 unspecified atom stereocenters. The number of benzene rings is 2. The van der Waals surface area contributed by atoms with Crippen LogP contribution in [0.2, 0.25) is 0 Å². The van der Waals surface area contributed by atoms with Crippen LogP contribution in [0.3, 0.4) is 0 Å². The first kappa shape index (κ1) is 19.1. The standard InChI is InChI=1S/C18H19N3O4S2/c1-11(2)17(22)20-18-19-15-10-12(4-9-16(15)26-18)21-27(23,24)14-7-5-13(25-3)6-8-14/h4-11,21H,1-3H3,(H,19,20,22). The van der Waals surface area contributed by atoms with Crippen molar-refractivity contribution in [1.29, 1.82) is 0 Å². The predicted octanol–water partition coefficient (Wildman–Crippen LogP) is 3.70. The minimum absolute atomic E-state index is 0.116. The van der Waals surface area contributed by atoms with Crippen molar-refractivity contribution in [2.24, 2.45) is 5.92 Å². The molecule has 0 atom stereocenters. The van der Waals surface area contributed by atoms with E-state index in [9.17, 15) is 13.2 Å². The number of sulfonamides is 1. The maximum atomic E-state index is 12.5. The molecule has 2 aromatic carbocycles. The van der Waals surface area contributed by atoms with E-state index in [0.29, 0.717) is 22.1 Å². The number of nitrogens with one attached hydrogen (secondary N) is 2. The molecule has 142 valence electrons. The molecule has 0 aliphatic carbocycles. The summed E-state index contributed by atoms with van der Waals surface area (Å²) in [7, 11) is -2.21. The maximum absolute atomic E-state index is 12.5. The lowest BCUT2D eigenvalue weighted by molar-refractivity contribution is -0.118. The Morgan fingerprint density at radius 1 is 1.15 bits per heavy atom. The first-order valence-electron chi connectivity index (χ1n) is 8.17. The number of carbonyl (C=O) groups is 1. The van der Waals surface area contributed by atoms with Crippen LogP contribution in [0.5, 0.6) is 5.75 Å². The van der Waals surface area contributed by atoms with Gasteiger partial charge in [0.15, 0.2) is 5.13 Å². The number of carbonyl (C=O) groups excluding carboxylic acids is 1. The van der Waals surface area contributed by atoms with Crippen LogP contribution in [0.15, 0.2) is 47.4 Å². The highest BCUT2D eigenvalue weighted by atomic mass is 32.2. The zero-order chi connectivity index (χ0) is 19.6. The fraction of sp³-hybridized carbons (Fsp3) is 0.222. The molecule has 0 fully saturated rings. The molecular formula is C18H19N3O4S2. The minimum Gasteiger partial charge on any atom is -0.497 e. The van der Waals surface area contributed by atoms with Crippen LogP contribution in [0.1, 0.15) is 13.8 Å². The number of fused-ring (bicyclic) bond motifs is 1. The quantitative estimate of drug-likeness (QED) is 0.652. The number of rotatable bonds is 6. The normalized spacial score (nSPS) is 11.6. The SMILES string of the molecule is COc1ccc(S(=O)(=O)Nc2ccc3sc(NC(=O)C(C)C)nc3c2)cc1. The van der Waals surface area contributed by atoms with E-state index >= 15 is 0 Å². The van der Waals surface area contributed by atoms with Gasteiger partial charge >= 0.3 is 0 Å². The Kier molecular flexibility index (Phi) is 5.33. The van der Waals surface area contributed by atoms with Gasteiger partial charge < -0.3 is 10.1 Å². The number of nitrogens with zero attached hydrogens (tertiary/aromatic N) is 1. The van der Waals surface area contributed by atoms with Crippen LogP contribution in [-0.2, 0) is 14.8 Å². The lowest BCUT2D eigenvalue weighted by Crippen LogP contribution is -2.17. The highest BCUT2D eigenvalue weighted by Crippen LogP contribution is 2.29. The zero-order valence-electron chi connectivity index (χ0n) is 15.0. The summed E-state index contributed by atoms with van der Waals surface area (Å²) >= 11 is 1.34. The molecule has 0 aliphatic heterocycles. The third kappa shape index (κ3) is 4.37. The highest BCUT2D eigenvalue weighted by molar-refractivity contribution is 7.92. The van der Waals surface area contributed by atoms with E-state index in [4.69, 9.17) is 4.74 Å². The molecule has 1 amide bonds. The summed E-state index contributed by atoms with van der Waals surface area (Å²) in [6.07, 6.45) is 0. The number of anilines is 2. The van der Waals surface area contributed by atoms with Crippen LogP contribution in [-0.4, -0.2) is 26.4 Å². The largest absolute Gasteiger partial charge is 0.497 e. The van der Waals surface area contributed by atoms with Crippen LogP contribution in [0.25, 0.3) is 10.2 Å². The summed E-state index contributed by atoms with van der Waals surface area (Å²) in [5.41, 5.74) is 0.999. The van der Waals surface area contributed by atoms with E-state index in [1.807, 2.05) is 0 Å². The monoisotopic (exact) mass is 405 g/mol. The van der Waals surface area contributed by atoms with Crippen LogP contribution >= 0.6 is 11.3 Å². The Balaban J connectivity index is 1.83. The van der Waals surface area contributed by atoms with Crippen molar-refractivity contribution in [3.05, 3.63) is 42.5 Å². The fourth-order valence-electron chi connectivity index (χ4n) is 2.26. The van der Waals surface area contributed by atoms with Gasteiger partial charge in [-0.2, -0.15) is 0 Å². The lowest BCUT2D eigenvalue weighted by Gasteiger charge is -2.08. The van der Waals surface area contributed by atoms with E-state index < -0.39 is 10.0 Å². The van der Waals surface area contributed by atoms with Gasteiger partial charge in [-0.3, -0.25) is 9.52 Å². The summed E-state index contributed by atoms with van der Waals surface area (Å²) in [6, 6.07) is 11.2. The van der Waals surface area contributed by atoms with Crippen molar-refractivity contribution in [3.8, 4) is 5.75 Å². The van der Waals surface area contributed by atoms with Gasteiger partial charge in [0.2, 0.25) is 5.91 Å². The van der Waals surface area contributed by atoms with Gasteiger partial charge in [-0.25, -0.2) is 13.4 Å². The lowest BCUT2D eigenvalue weighted by atomic mass is 10.2. The molecule has 1 heterocycles. The van der Waals surface area contributed by atoms with Crippen LogP contribution < -0.4 is 14.8 Å². The topological polar surface area (TPSA) is 97.4 Å². The second-order valence-electron chi connectivity index (χ2n) is 6.13. The summed E-state index contributed by atoms with van der Waals surface area (Å²) in [5.74, 6) is 0.312. The molecule has 0 spiro atoms. The van der Waals surface area contributed by atoms with Crippen molar-refractivity contribution in [2.75, 3.05) is 17.1 Å². The number of hydrogen-bond acceptors (Lipinski definition) is 6. The van der Waals surface area contributed by atoms with Crippen molar-refractivity contribution in [3.63, 3.8) is 0 Å². The Morgan fingerprint density at radius 3 is 2.48 bits per heavy atom. The number of hydrogen-bond donors (Lipinski definition) is 2.